The SMILES string of the molecule is C=CC(=O)[C@@H](C=C)C=O. The fourth-order valence-corrected chi connectivity index (χ4v) is 0.375. The largest absolute Gasteiger partial charge is 0.302 e. The first-order valence-corrected chi connectivity index (χ1v) is 2.50. The second-order valence-corrected chi connectivity index (χ2v) is 1.50. The number of rotatable bonds is 4. The van der Waals surface area contributed by atoms with Gasteiger partial charge in [-0.2, -0.15) is 0 Å². The summed E-state index contributed by atoms with van der Waals surface area (Å²) in [6, 6.07) is 0. The van der Waals surface area contributed by atoms with Crippen LogP contribution in [0.3, 0.4) is 0 Å². The molecule has 0 aromatic carbocycles. The Morgan fingerprint density at radius 1 is 1.44 bits per heavy atom. The zero-order chi connectivity index (χ0) is 7.28. The normalized spacial score (nSPS) is 11.6. The van der Waals surface area contributed by atoms with Crippen LogP contribution < -0.4 is 0 Å². The molecule has 0 aliphatic rings. The van der Waals surface area contributed by atoms with Crippen LogP contribution in [0.2, 0.25) is 0 Å². The van der Waals surface area contributed by atoms with Gasteiger partial charge in [0.25, 0.3) is 0 Å². The molecule has 0 spiro atoms. The first kappa shape index (κ1) is 7.82. The monoisotopic (exact) mass is 124 g/mol. The number of carbonyl (C=O) groups is 2. The van der Waals surface area contributed by atoms with E-state index in [1.165, 1.54) is 6.08 Å². The van der Waals surface area contributed by atoms with E-state index in [1.54, 1.807) is 0 Å². The molecule has 0 fully saturated rings. The second-order valence-electron chi connectivity index (χ2n) is 1.50. The Bertz CT molecular complexity index is 139. The standard InChI is InChI=1S/C7H8O2/c1-3-6(5-8)7(9)4-2/h3-6H,1-2H2/t6-/m0/s1. The molecule has 0 rings (SSSR count). The zero-order valence-corrected chi connectivity index (χ0v) is 5.04. The fraction of sp³-hybridized carbons (Fsp3) is 0.143. The lowest BCUT2D eigenvalue weighted by atomic mass is 10.1. The Balaban J connectivity index is 4.09. The first-order chi connectivity index (χ1) is 4.26. The van der Waals surface area contributed by atoms with Crippen molar-refractivity contribution in [3.05, 3.63) is 25.3 Å². The molecule has 0 radical (unpaired) electrons. The average Bonchev–Trinajstić information content (AvgIpc) is 1.90. The zero-order valence-electron chi connectivity index (χ0n) is 5.04. The minimum atomic E-state index is -0.706. The molecule has 48 valence electrons. The van der Waals surface area contributed by atoms with E-state index in [1.807, 2.05) is 0 Å². The lowest BCUT2D eigenvalue weighted by Gasteiger charge is -1.94. The van der Waals surface area contributed by atoms with Gasteiger partial charge < -0.3 is 4.79 Å². The van der Waals surface area contributed by atoms with Crippen LogP contribution in [0.4, 0.5) is 0 Å². The predicted octanol–water partition coefficient (Wildman–Crippen LogP) is 0.743. The van der Waals surface area contributed by atoms with Gasteiger partial charge in [-0.05, 0) is 6.08 Å². The molecule has 0 aromatic rings. The maximum absolute atomic E-state index is 10.6. The van der Waals surface area contributed by atoms with Crippen molar-refractivity contribution in [2.75, 3.05) is 0 Å². The summed E-state index contributed by atoms with van der Waals surface area (Å²) in [5.41, 5.74) is 0. The van der Waals surface area contributed by atoms with Gasteiger partial charge in [0.15, 0.2) is 5.78 Å². The number of ketones is 1. The Labute approximate surface area is 53.9 Å². The van der Waals surface area contributed by atoms with E-state index in [0.717, 1.165) is 6.08 Å². The number of aldehydes is 1. The van der Waals surface area contributed by atoms with Crippen LogP contribution >= 0.6 is 0 Å². The topological polar surface area (TPSA) is 34.1 Å². The Morgan fingerprint density at radius 3 is 2.11 bits per heavy atom. The summed E-state index contributed by atoms with van der Waals surface area (Å²) in [4.78, 5) is 20.6. The summed E-state index contributed by atoms with van der Waals surface area (Å²) in [6.07, 6.45) is 2.94. The molecule has 0 amide bonds. The molecule has 0 bridgehead atoms. The summed E-state index contributed by atoms with van der Waals surface area (Å²) < 4.78 is 0. The van der Waals surface area contributed by atoms with Crippen LogP contribution in [0.5, 0.6) is 0 Å². The predicted molar refractivity (Wildman–Crippen MR) is 35.0 cm³/mol. The molecule has 0 aliphatic heterocycles. The maximum atomic E-state index is 10.6. The molecule has 9 heavy (non-hydrogen) atoms. The highest BCUT2D eigenvalue weighted by Crippen LogP contribution is 1.94. The number of hydrogen-bond donors (Lipinski definition) is 0. The maximum Gasteiger partial charge on any atom is 0.169 e. The number of carbonyl (C=O) groups excluding carboxylic acids is 2. The summed E-state index contributed by atoms with van der Waals surface area (Å²) in [5, 5.41) is 0. The van der Waals surface area contributed by atoms with Crippen LogP contribution in [0.1, 0.15) is 0 Å². The second kappa shape index (κ2) is 3.78. The highest BCUT2D eigenvalue weighted by molar-refractivity contribution is 6.01. The van der Waals surface area contributed by atoms with Crippen molar-refractivity contribution in [2.45, 2.75) is 0 Å². The minimum absolute atomic E-state index is 0.306. The van der Waals surface area contributed by atoms with E-state index >= 15 is 0 Å². The van der Waals surface area contributed by atoms with Crippen LogP contribution in [0, 0.1) is 5.92 Å². The molecule has 0 saturated heterocycles. The van der Waals surface area contributed by atoms with E-state index in [0.29, 0.717) is 6.29 Å². The number of allylic oxidation sites excluding steroid dienone is 2. The van der Waals surface area contributed by atoms with Gasteiger partial charge in [-0.1, -0.05) is 12.7 Å². The molecular weight excluding hydrogens is 116 g/mol. The molecule has 0 heterocycles. The van der Waals surface area contributed by atoms with Crippen molar-refractivity contribution in [1.82, 2.24) is 0 Å². The molecule has 0 saturated carbocycles. The van der Waals surface area contributed by atoms with Gasteiger partial charge in [0.1, 0.15) is 6.29 Å². The van der Waals surface area contributed by atoms with E-state index in [2.05, 4.69) is 13.2 Å². The third kappa shape index (κ3) is 2.04. The Morgan fingerprint density at radius 2 is 2.00 bits per heavy atom. The molecule has 1 atom stereocenters. The van der Waals surface area contributed by atoms with Crippen LogP contribution in [-0.4, -0.2) is 12.1 Å². The van der Waals surface area contributed by atoms with Gasteiger partial charge in [-0.25, -0.2) is 0 Å². The third-order valence-corrected chi connectivity index (χ3v) is 0.930. The summed E-state index contributed by atoms with van der Waals surface area (Å²) >= 11 is 0. The van der Waals surface area contributed by atoms with Gasteiger partial charge in [0.05, 0.1) is 5.92 Å². The van der Waals surface area contributed by atoms with Gasteiger partial charge in [-0.3, -0.25) is 4.79 Å². The van der Waals surface area contributed by atoms with Crippen molar-refractivity contribution in [2.24, 2.45) is 5.92 Å². The first-order valence-electron chi connectivity index (χ1n) is 2.50. The quantitative estimate of drug-likeness (QED) is 0.240. The summed E-state index contributed by atoms with van der Waals surface area (Å²) in [6.45, 7) is 6.52. The fourth-order valence-electron chi connectivity index (χ4n) is 0.375. The van der Waals surface area contributed by atoms with E-state index in [9.17, 15) is 9.59 Å². The molecular formula is C7H8O2. The van der Waals surface area contributed by atoms with Gasteiger partial charge in [-0.15, -0.1) is 6.58 Å². The molecule has 2 heteroatoms. The third-order valence-electron chi connectivity index (χ3n) is 0.930. The average molecular weight is 124 g/mol. The molecule has 0 N–H and O–H groups in total. The molecule has 0 unspecified atom stereocenters. The Hall–Kier alpha value is -1.18. The van der Waals surface area contributed by atoms with E-state index in [4.69, 9.17) is 0 Å². The highest BCUT2D eigenvalue weighted by Gasteiger charge is 2.07. The van der Waals surface area contributed by atoms with Crippen LogP contribution in [0.25, 0.3) is 0 Å². The molecule has 0 aromatic heterocycles. The lowest BCUT2D eigenvalue weighted by molar-refractivity contribution is -0.122. The Kier molecular flexibility index (Phi) is 3.28. The lowest BCUT2D eigenvalue weighted by Crippen LogP contribution is -2.09. The van der Waals surface area contributed by atoms with Crippen molar-refractivity contribution in [1.29, 1.82) is 0 Å². The smallest absolute Gasteiger partial charge is 0.169 e. The summed E-state index contributed by atoms with van der Waals surface area (Å²) in [7, 11) is 0. The van der Waals surface area contributed by atoms with Crippen molar-refractivity contribution in [3.63, 3.8) is 0 Å². The van der Waals surface area contributed by atoms with Crippen molar-refractivity contribution in [3.8, 4) is 0 Å². The highest BCUT2D eigenvalue weighted by atomic mass is 16.1. The van der Waals surface area contributed by atoms with Crippen molar-refractivity contribution < 1.29 is 9.59 Å². The van der Waals surface area contributed by atoms with Gasteiger partial charge in [0.2, 0.25) is 0 Å². The van der Waals surface area contributed by atoms with Gasteiger partial charge in [0, 0.05) is 0 Å². The molecule has 2 nitrogen and oxygen atoms in total. The number of hydrogen-bond acceptors (Lipinski definition) is 2. The minimum Gasteiger partial charge on any atom is -0.302 e. The van der Waals surface area contributed by atoms with E-state index in [-0.39, 0.29) is 5.78 Å². The van der Waals surface area contributed by atoms with Crippen LogP contribution in [0.15, 0.2) is 25.3 Å². The van der Waals surface area contributed by atoms with E-state index < -0.39 is 5.92 Å². The summed E-state index contributed by atoms with van der Waals surface area (Å²) in [5.74, 6) is -1.01. The van der Waals surface area contributed by atoms with Crippen molar-refractivity contribution >= 4 is 12.1 Å². The van der Waals surface area contributed by atoms with Gasteiger partial charge >= 0.3 is 0 Å². The molecule has 0 aliphatic carbocycles. The van der Waals surface area contributed by atoms with Crippen LogP contribution in [-0.2, 0) is 9.59 Å².